The van der Waals surface area contributed by atoms with E-state index in [9.17, 15) is 4.79 Å². The van der Waals surface area contributed by atoms with Crippen LogP contribution >= 0.6 is 11.6 Å². The minimum absolute atomic E-state index is 0.148. The maximum atomic E-state index is 12.1. The fourth-order valence-electron chi connectivity index (χ4n) is 1.70. The molecule has 0 atom stereocenters. The third-order valence-corrected chi connectivity index (χ3v) is 2.81. The smallest absolute Gasteiger partial charge is 0.268 e. The van der Waals surface area contributed by atoms with Gasteiger partial charge in [0.25, 0.3) is 5.91 Å². The van der Waals surface area contributed by atoms with Crippen LogP contribution < -0.4 is 5.32 Å². The highest BCUT2D eigenvalue weighted by Crippen LogP contribution is 2.18. The molecule has 0 saturated heterocycles. The molecule has 0 aliphatic carbocycles. The first kappa shape index (κ1) is 12.7. The van der Waals surface area contributed by atoms with Crippen LogP contribution in [0.15, 0.2) is 24.8 Å². The van der Waals surface area contributed by atoms with Crippen molar-refractivity contribution in [2.24, 2.45) is 0 Å². The van der Waals surface area contributed by atoms with Crippen LogP contribution in [0.5, 0.6) is 0 Å². The lowest BCUT2D eigenvalue weighted by Gasteiger charge is -2.12. The Labute approximate surface area is 110 Å². The molecule has 1 amide bonds. The number of amides is 1. The van der Waals surface area contributed by atoms with Crippen molar-refractivity contribution in [2.45, 2.75) is 26.4 Å². The molecule has 2 rings (SSSR count). The topological polar surface area (TPSA) is 62.7 Å². The number of hydrogen-bond acceptors (Lipinski definition) is 2. The molecule has 0 spiro atoms. The summed E-state index contributed by atoms with van der Waals surface area (Å²) < 4.78 is 1.85. The molecule has 0 aliphatic rings. The predicted molar refractivity (Wildman–Crippen MR) is 69.6 cm³/mol. The molecule has 0 aromatic carbocycles. The van der Waals surface area contributed by atoms with Crippen LogP contribution in [0.4, 0.5) is 0 Å². The highest BCUT2D eigenvalue weighted by molar-refractivity contribution is 6.31. The molecule has 2 heterocycles. The molecule has 6 heteroatoms. The largest absolute Gasteiger partial charge is 0.347 e. The van der Waals surface area contributed by atoms with E-state index in [0.29, 0.717) is 17.3 Å². The maximum absolute atomic E-state index is 12.1. The van der Waals surface area contributed by atoms with Gasteiger partial charge in [-0.25, -0.2) is 4.98 Å². The maximum Gasteiger partial charge on any atom is 0.268 e. The quantitative estimate of drug-likeness (QED) is 0.892. The van der Waals surface area contributed by atoms with E-state index in [1.54, 1.807) is 24.8 Å². The van der Waals surface area contributed by atoms with Gasteiger partial charge < -0.3 is 14.9 Å². The normalized spacial score (nSPS) is 10.9. The summed E-state index contributed by atoms with van der Waals surface area (Å²) in [5.41, 5.74) is 1.42. The summed E-state index contributed by atoms with van der Waals surface area (Å²) in [5.74, 6) is -0.148. The van der Waals surface area contributed by atoms with Gasteiger partial charge in [0, 0.05) is 18.4 Å². The van der Waals surface area contributed by atoms with Crippen molar-refractivity contribution >= 4 is 17.5 Å². The minimum Gasteiger partial charge on any atom is -0.347 e. The molecule has 0 fully saturated rings. The summed E-state index contributed by atoms with van der Waals surface area (Å²) in [6, 6.07) is 1.86. The van der Waals surface area contributed by atoms with Crippen LogP contribution in [0.25, 0.3) is 0 Å². The summed E-state index contributed by atoms with van der Waals surface area (Å²) in [7, 11) is 0. The Morgan fingerprint density at radius 2 is 2.39 bits per heavy atom. The van der Waals surface area contributed by atoms with Gasteiger partial charge >= 0.3 is 0 Å². The average molecular weight is 267 g/mol. The fraction of sp³-hybridized carbons (Fsp3) is 0.333. The van der Waals surface area contributed by atoms with Gasteiger partial charge in [-0.1, -0.05) is 11.6 Å². The van der Waals surface area contributed by atoms with E-state index in [1.165, 1.54) is 0 Å². The molecular weight excluding hydrogens is 252 g/mol. The van der Waals surface area contributed by atoms with E-state index in [-0.39, 0.29) is 11.9 Å². The number of H-pyrrole nitrogens is 1. The number of nitrogens with zero attached hydrogens (tertiary/aromatic N) is 2. The number of imidazole rings is 1. The number of carbonyl (C=O) groups is 1. The Balaban J connectivity index is 2.09. The molecule has 0 aliphatic heterocycles. The van der Waals surface area contributed by atoms with E-state index < -0.39 is 0 Å². The van der Waals surface area contributed by atoms with Crippen molar-refractivity contribution in [2.75, 3.05) is 0 Å². The fourth-order valence-corrected chi connectivity index (χ4v) is 1.91. The Morgan fingerprint density at radius 1 is 1.61 bits per heavy atom. The van der Waals surface area contributed by atoms with Crippen LogP contribution in [0.2, 0.25) is 5.02 Å². The summed E-state index contributed by atoms with van der Waals surface area (Å²) in [5, 5.41) is 3.39. The van der Waals surface area contributed by atoms with Crippen LogP contribution in [0.3, 0.4) is 0 Å². The number of rotatable bonds is 4. The Morgan fingerprint density at radius 3 is 3.00 bits per heavy atom. The van der Waals surface area contributed by atoms with Crippen LogP contribution in [-0.2, 0) is 6.54 Å². The molecular formula is C12H15ClN4O. The van der Waals surface area contributed by atoms with Crippen molar-refractivity contribution < 1.29 is 4.79 Å². The van der Waals surface area contributed by atoms with Gasteiger partial charge in [-0.05, 0) is 19.9 Å². The molecule has 0 unspecified atom stereocenters. The Bertz CT molecular complexity index is 530. The van der Waals surface area contributed by atoms with Gasteiger partial charge in [-0.3, -0.25) is 4.79 Å². The zero-order valence-corrected chi connectivity index (χ0v) is 11.0. The van der Waals surface area contributed by atoms with E-state index in [1.807, 2.05) is 18.4 Å². The number of aromatic nitrogens is 3. The van der Waals surface area contributed by atoms with E-state index in [4.69, 9.17) is 11.6 Å². The predicted octanol–water partition coefficient (Wildman–Crippen LogP) is 2.38. The van der Waals surface area contributed by atoms with Gasteiger partial charge in [-0.15, -0.1) is 0 Å². The van der Waals surface area contributed by atoms with Crippen LogP contribution in [0.1, 0.15) is 36.1 Å². The van der Waals surface area contributed by atoms with Crippen molar-refractivity contribution in [3.63, 3.8) is 0 Å². The number of aromatic amines is 1. The number of halogens is 1. The van der Waals surface area contributed by atoms with Gasteiger partial charge in [0.2, 0.25) is 0 Å². The van der Waals surface area contributed by atoms with E-state index >= 15 is 0 Å². The van der Waals surface area contributed by atoms with Crippen LogP contribution in [0, 0.1) is 0 Å². The minimum atomic E-state index is -0.148. The summed E-state index contributed by atoms with van der Waals surface area (Å²) >= 11 is 5.94. The molecule has 2 N–H and O–H groups in total. The van der Waals surface area contributed by atoms with E-state index in [0.717, 1.165) is 5.69 Å². The Kier molecular flexibility index (Phi) is 3.72. The number of carbonyl (C=O) groups excluding carboxylic acids is 1. The molecule has 18 heavy (non-hydrogen) atoms. The van der Waals surface area contributed by atoms with Crippen molar-refractivity contribution in [3.8, 4) is 0 Å². The second kappa shape index (κ2) is 5.27. The van der Waals surface area contributed by atoms with Gasteiger partial charge in [0.05, 0.1) is 23.6 Å². The number of hydrogen-bond donors (Lipinski definition) is 2. The lowest BCUT2D eigenvalue weighted by atomic mass is 10.3. The highest BCUT2D eigenvalue weighted by Gasteiger charge is 2.14. The number of nitrogens with one attached hydrogen (secondary N) is 2. The van der Waals surface area contributed by atoms with Crippen molar-refractivity contribution in [1.29, 1.82) is 0 Å². The standard InChI is InChI=1S/C12H15ClN4O/c1-8(2)17-6-9(13)3-11(17)12(18)15-5-10-4-14-7-16-10/h3-4,6-8H,5H2,1-2H3,(H,14,16)(H,15,18). The molecule has 2 aromatic rings. The summed E-state index contributed by atoms with van der Waals surface area (Å²) in [4.78, 5) is 18.9. The van der Waals surface area contributed by atoms with Crippen molar-refractivity contribution in [1.82, 2.24) is 19.9 Å². The summed E-state index contributed by atoms with van der Waals surface area (Å²) in [6.07, 6.45) is 5.02. The first-order chi connectivity index (χ1) is 8.58. The highest BCUT2D eigenvalue weighted by atomic mass is 35.5. The zero-order valence-electron chi connectivity index (χ0n) is 10.3. The lowest BCUT2D eigenvalue weighted by molar-refractivity contribution is 0.0939. The van der Waals surface area contributed by atoms with Crippen molar-refractivity contribution in [3.05, 3.63) is 41.2 Å². The second-order valence-electron chi connectivity index (χ2n) is 4.30. The monoisotopic (exact) mass is 266 g/mol. The third kappa shape index (κ3) is 2.73. The molecule has 5 nitrogen and oxygen atoms in total. The molecule has 0 radical (unpaired) electrons. The molecule has 0 bridgehead atoms. The second-order valence-corrected chi connectivity index (χ2v) is 4.74. The zero-order chi connectivity index (χ0) is 13.1. The first-order valence-electron chi connectivity index (χ1n) is 5.70. The van der Waals surface area contributed by atoms with E-state index in [2.05, 4.69) is 15.3 Å². The molecule has 0 saturated carbocycles. The average Bonchev–Trinajstić information content (AvgIpc) is 2.94. The molecule has 2 aromatic heterocycles. The SMILES string of the molecule is CC(C)n1cc(Cl)cc1C(=O)NCc1cnc[nH]1. The Hall–Kier alpha value is -1.75. The van der Waals surface area contributed by atoms with Gasteiger partial charge in [0.1, 0.15) is 5.69 Å². The third-order valence-electron chi connectivity index (χ3n) is 2.60. The van der Waals surface area contributed by atoms with Crippen LogP contribution in [-0.4, -0.2) is 20.4 Å². The molecule has 96 valence electrons. The summed E-state index contributed by atoms with van der Waals surface area (Å²) in [6.45, 7) is 4.42. The van der Waals surface area contributed by atoms with Gasteiger partial charge in [-0.2, -0.15) is 0 Å². The lowest BCUT2D eigenvalue weighted by Crippen LogP contribution is -2.25. The van der Waals surface area contributed by atoms with Gasteiger partial charge in [0.15, 0.2) is 0 Å². The first-order valence-corrected chi connectivity index (χ1v) is 6.08.